The van der Waals surface area contributed by atoms with Crippen LogP contribution in [0, 0.1) is 13.8 Å². The predicted molar refractivity (Wildman–Crippen MR) is 133 cm³/mol. The van der Waals surface area contributed by atoms with Gasteiger partial charge in [0, 0.05) is 41.6 Å². The maximum Gasteiger partial charge on any atom is 0.0570 e. The van der Waals surface area contributed by atoms with Crippen LogP contribution in [0.25, 0.3) is 28.5 Å². The standard InChI is InChI=1S/C28H36N2/c1-8-18-29(10-3)25-13-11-12-24(19-25)27-26(9-2)22(7)30(20(4)5)28(27)23-16-14-21(6)15-17-23/h9,11-17,19-20H,2,8,10,18H2,1,3-7H3. The number of rotatable bonds is 8. The van der Waals surface area contributed by atoms with Gasteiger partial charge in [-0.25, -0.2) is 0 Å². The zero-order valence-electron chi connectivity index (χ0n) is 19.5. The highest BCUT2D eigenvalue weighted by atomic mass is 15.1. The molecule has 0 spiro atoms. The fourth-order valence-electron chi connectivity index (χ4n) is 4.51. The van der Waals surface area contributed by atoms with Crippen molar-refractivity contribution in [3.63, 3.8) is 0 Å². The van der Waals surface area contributed by atoms with E-state index in [-0.39, 0.29) is 0 Å². The Bertz CT molecular complexity index is 1010. The number of anilines is 1. The summed E-state index contributed by atoms with van der Waals surface area (Å²) in [5, 5.41) is 0. The smallest absolute Gasteiger partial charge is 0.0570 e. The normalized spacial score (nSPS) is 11.2. The highest BCUT2D eigenvalue weighted by Crippen LogP contribution is 2.42. The van der Waals surface area contributed by atoms with Crippen LogP contribution >= 0.6 is 0 Å². The molecule has 3 rings (SSSR count). The molecule has 158 valence electrons. The molecule has 0 atom stereocenters. The molecule has 0 aliphatic rings. The molecule has 0 amide bonds. The highest BCUT2D eigenvalue weighted by molar-refractivity contribution is 5.91. The molecule has 30 heavy (non-hydrogen) atoms. The molecule has 0 saturated carbocycles. The summed E-state index contributed by atoms with van der Waals surface area (Å²) in [6.07, 6.45) is 3.17. The van der Waals surface area contributed by atoms with E-state index in [9.17, 15) is 0 Å². The molecular formula is C28H36N2. The van der Waals surface area contributed by atoms with Crippen molar-refractivity contribution in [2.75, 3.05) is 18.0 Å². The fourth-order valence-corrected chi connectivity index (χ4v) is 4.51. The van der Waals surface area contributed by atoms with Crippen LogP contribution in [0.4, 0.5) is 5.69 Å². The highest BCUT2D eigenvalue weighted by Gasteiger charge is 2.23. The van der Waals surface area contributed by atoms with Crippen molar-refractivity contribution >= 4 is 11.8 Å². The lowest BCUT2D eigenvalue weighted by atomic mass is 9.96. The molecule has 0 saturated heterocycles. The van der Waals surface area contributed by atoms with Gasteiger partial charge in [-0.2, -0.15) is 0 Å². The van der Waals surface area contributed by atoms with Gasteiger partial charge in [-0.05, 0) is 64.3 Å². The second kappa shape index (κ2) is 9.38. The summed E-state index contributed by atoms with van der Waals surface area (Å²) >= 11 is 0. The lowest BCUT2D eigenvalue weighted by molar-refractivity contribution is 0.595. The lowest BCUT2D eigenvalue weighted by Gasteiger charge is -2.23. The van der Waals surface area contributed by atoms with Gasteiger partial charge < -0.3 is 9.47 Å². The average molecular weight is 401 g/mol. The molecule has 0 fully saturated rings. The first-order valence-corrected chi connectivity index (χ1v) is 11.2. The van der Waals surface area contributed by atoms with Gasteiger partial charge in [0.2, 0.25) is 0 Å². The third kappa shape index (κ3) is 4.09. The molecule has 0 bridgehead atoms. The summed E-state index contributed by atoms with van der Waals surface area (Å²) in [6.45, 7) is 19.6. The monoisotopic (exact) mass is 400 g/mol. The van der Waals surface area contributed by atoms with Crippen LogP contribution in [-0.2, 0) is 0 Å². The van der Waals surface area contributed by atoms with Crippen LogP contribution < -0.4 is 4.90 Å². The Kier molecular flexibility index (Phi) is 6.87. The van der Waals surface area contributed by atoms with E-state index >= 15 is 0 Å². The second-order valence-electron chi connectivity index (χ2n) is 8.39. The van der Waals surface area contributed by atoms with E-state index in [4.69, 9.17) is 0 Å². The Hall–Kier alpha value is -2.74. The van der Waals surface area contributed by atoms with Gasteiger partial charge in [0.1, 0.15) is 0 Å². The van der Waals surface area contributed by atoms with Crippen molar-refractivity contribution in [1.82, 2.24) is 4.57 Å². The Morgan fingerprint density at radius 2 is 1.70 bits per heavy atom. The number of aryl methyl sites for hydroxylation is 1. The SMILES string of the molecule is C=Cc1c(-c2cccc(N(CC)CCC)c2)c(-c2ccc(C)cc2)n(C(C)C)c1C. The summed E-state index contributed by atoms with van der Waals surface area (Å²) < 4.78 is 2.47. The van der Waals surface area contributed by atoms with Gasteiger partial charge in [-0.15, -0.1) is 0 Å². The van der Waals surface area contributed by atoms with Crippen LogP contribution in [0.15, 0.2) is 55.1 Å². The lowest BCUT2D eigenvalue weighted by Crippen LogP contribution is -2.23. The van der Waals surface area contributed by atoms with Crippen molar-refractivity contribution in [3.05, 3.63) is 71.9 Å². The molecule has 2 nitrogen and oxygen atoms in total. The number of hydrogen-bond acceptors (Lipinski definition) is 1. The van der Waals surface area contributed by atoms with Crippen LogP contribution in [-0.4, -0.2) is 17.7 Å². The second-order valence-corrected chi connectivity index (χ2v) is 8.39. The molecular weight excluding hydrogens is 364 g/mol. The molecule has 2 heteroatoms. The van der Waals surface area contributed by atoms with Crippen molar-refractivity contribution in [2.45, 2.75) is 54.0 Å². The Balaban J connectivity index is 2.30. The van der Waals surface area contributed by atoms with E-state index in [1.54, 1.807) is 0 Å². The molecule has 0 radical (unpaired) electrons. The maximum absolute atomic E-state index is 4.18. The zero-order chi connectivity index (χ0) is 21.8. The third-order valence-electron chi connectivity index (χ3n) is 5.92. The average Bonchev–Trinajstić information content (AvgIpc) is 3.05. The van der Waals surface area contributed by atoms with Crippen molar-refractivity contribution < 1.29 is 0 Å². The minimum atomic E-state index is 0.365. The molecule has 0 unspecified atom stereocenters. The van der Waals surface area contributed by atoms with Crippen LogP contribution in [0.5, 0.6) is 0 Å². The van der Waals surface area contributed by atoms with Gasteiger partial charge in [0.15, 0.2) is 0 Å². The minimum Gasteiger partial charge on any atom is -0.372 e. The summed E-state index contributed by atoms with van der Waals surface area (Å²) in [7, 11) is 0. The number of nitrogens with zero attached hydrogens (tertiary/aromatic N) is 2. The van der Waals surface area contributed by atoms with Gasteiger partial charge >= 0.3 is 0 Å². The molecule has 1 aromatic heterocycles. The summed E-state index contributed by atoms with van der Waals surface area (Å²) in [5.41, 5.74) is 10.2. The molecule has 3 aromatic rings. The molecule has 0 N–H and O–H groups in total. The van der Waals surface area contributed by atoms with E-state index < -0.39 is 0 Å². The molecule has 1 heterocycles. The first kappa shape index (κ1) is 22.0. The Morgan fingerprint density at radius 3 is 2.27 bits per heavy atom. The zero-order valence-corrected chi connectivity index (χ0v) is 19.5. The fraction of sp³-hybridized carbons (Fsp3) is 0.357. The third-order valence-corrected chi connectivity index (χ3v) is 5.92. The van der Waals surface area contributed by atoms with E-state index in [2.05, 4.69) is 106 Å². The van der Waals surface area contributed by atoms with Crippen LogP contribution in [0.2, 0.25) is 0 Å². The first-order chi connectivity index (χ1) is 14.4. The Morgan fingerprint density at radius 1 is 1.00 bits per heavy atom. The quantitative estimate of drug-likeness (QED) is 0.373. The van der Waals surface area contributed by atoms with Gasteiger partial charge in [-0.1, -0.05) is 61.5 Å². The summed E-state index contributed by atoms with van der Waals surface area (Å²) in [4.78, 5) is 2.45. The van der Waals surface area contributed by atoms with E-state index in [0.29, 0.717) is 6.04 Å². The first-order valence-electron chi connectivity index (χ1n) is 11.2. The molecule has 0 aliphatic heterocycles. The largest absolute Gasteiger partial charge is 0.372 e. The van der Waals surface area contributed by atoms with Gasteiger partial charge in [0.25, 0.3) is 0 Å². The van der Waals surface area contributed by atoms with Crippen LogP contribution in [0.1, 0.15) is 57.0 Å². The number of benzene rings is 2. The minimum absolute atomic E-state index is 0.365. The van der Waals surface area contributed by atoms with Crippen molar-refractivity contribution in [3.8, 4) is 22.4 Å². The van der Waals surface area contributed by atoms with Gasteiger partial charge in [-0.3, -0.25) is 0 Å². The van der Waals surface area contributed by atoms with E-state index in [1.165, 1.54) is 44.9 Å². The van der Waals surface area contributed by atoms with E-state index in [1.807, 2.05) is 6.08 Å². The molecule has 2 aromatic carbocycles. The summed E-state index contributed by atoms with van der Waals surface area (Å²) in [6, 6.07) is 18.3. The maximum atomic E-state index is 4.18. The summed E-state index contributed by atoms with van der Waals surface area (Å²) in [5.74, 6) is 0. The van der Waals surface area contributed by atoms with Gasteiger partial charge in [0.05, 0.1) is 5.69 Å². The van der Waals surface area contributed by atoms with Crippen molar-refractivity contribution in [1.29, 1.82) is 0 Å². The topological polar surface area (TPSA) is 8.17 Å². The predicted octanol–water partition coefficient (Wildman–Crippen LogP) is 7.90. The number of hydrogen-bond donors (Lipinski definition) is 0. The molecule has 0 aliphatic carbocycles. The number of aromatic nitrogens is 1. The van der Waals surface area contributed by atoms with Crippen molar-refractivity contribution in [2.24, 2.45) is 0 Å². The van der Waals surface area contributed by atoms with E-state index in [0.717, 1.165) is 19.5 Å². The Labute approximate surface area is 182 Å². The van der Waals surface area contributed by atoms with Crippen LogP contribution in [0.3, 0.4) is 0 Å².